The van der Waals surface area contributed by atoms with Gasteiger partial charge in [-0.15, -0.1) is 23.2 Å². The first kappa shape index (κ1) is 9.61. The molecule has 0 bridgehead atoms. The van der Waals surface area contributed by atoms with Gasteiger partial charge in [0.1, 0.15) is 0 Å². The first-order valence-electron chi connectivity index (χ1n) is 2.70. The summed E-state index contributed by atoms with van der Waals surface area (Å²) < 4.78 is 0. The van der Waals surface area contributed by atoms with E-state index in [2.05, 4.69) is 0 Å². The fourth-order valence-corrected chi connectivity index (χ4v) is 1.30. The number of alkyl halides is 2. The number of hydrogen-bond donors (Lipinski definition) is 0. The molecule has 3 heteroatoms. The first-order chi connectivity index (χ1) is 4.16. The van der Waals surface area contributed by atoms with Crippen molar-refractivity contribution in [3.05, 3.63) is 11.1 Å². The van der Waals surface area contributed by atoms with Gasteiger partial charge in [0.25, 0.3) is 0 Å². The van der Waals surface area contributed by atoms with E-state index >= 15 is 0 Å². The molecule has 0 saturated heterocycles. The third-order valence-corrected chi connectivity index (χ3v) is 1.48. The standard InChI is InChI=1S/C6H9Cl3/c1-5(8)4-6(9)2-3-7/h4,6H,2-3H2,1H3. The predicted molar refractivity (Wildman–Crippen MR) is 44.6 cm³/mol. The number of rotatable bonds is 3. The van der Waals surface area contributed by atoms with Crippen molar-refractivity contribution in [3.8, 4) is 0 Å². The Labute approximate surface area is 70.8 Å². The molecule has 0 fully saturated rings. The molecule has 54 valence electrons. The number of halogens is 3. The van der Waals surface area contributed by atoms with Crippen LogP contribution in [0, 0.1) is 0 Å². The van der Waals surface area contributed by atoms with Gasteiger partial charge in [0.05, 0.1) is 5.38 Å². The number of hydrogen-bond acceptors (Lipinski definition) is 0. The summed E-state index contributed by atoms with van der Waals surface area (Å²) in [6.45, 7) is 1.80. The van der Waals surface area contributed by atoms with E-state index in [4.69, 9.17) is 34.8 Å². The van der Waals surface area contributed by atoms with Crippen molar-refractivity contribution in [2.75, 3.05) is 5.88 Å². The molecule has 0 heterocycles. The summed E-state index contributed by atoms with van der Waals surface area (Å²) in [5.41, 5.74) is 0. The lowest BCUT2D eigenvalue weighted by Crippen LogP contribution is -1.93. The van der Waals surface area contributed by atoms with E-state index in [0.717, 1.165) is 11.5 Å². The highest BCUT2D eigenvalue weighted by molar-refractivity contribution is 6.30. The Kier molecular flexibility index (Phi) is 5.77. The molecule has 0 amide bonds. The van der Waals surface area contributed by atoms with Crippen molar-refractivity contribution in [2.24, 2.45) is 0 Å². The minimum atomic E-state index is -0.0139. The van der Waals surface area contributed by atoms with Crippen LogP contribution in [0.5, 0.6) is 0 Å². The molecule has 0 aromatic carbocycles. The maximum absolute atomic E-state index is 5.73. The summed E-state index contributed by atoms with van der Waals surface area (Å²) >= 11 is 16.7. The zero-order valence-corrected chi connectivity index (χ0v) is 7.47. The molecule has 1 unspecified atom stereocenters. The van der Waals surface area contributed by atoms with E-state index < -0.39 is 0 Å². The van der Waals surface area contributed by atoms with Crippen LogP contribution in [0.4, 0.5) is 0 Å². The Bertz CT molecular complexity index is 94.5. The van der Waals surface area contributed by atoms with Gasteiger partial charge in [-0.25, -0.2) is 0 Å². The van der Waals surface area contributed by atoms with Crippen LogP contribution in [0.25, 0.3) is 0 Å². The summed E-state index contributed by atoms with van der Waals surface area (Å²) in [6, 6.07) is 0. The Balaban J connectivity index is 3.49. The molecule has 0 radical (unpaired) electrons. The highest BCUT2D eigenvalue weighted by atomic mass is 35.5. The highest BCUT2D eigenvalue weighted by Gasteiger charge is 1.97. The number of allylic oxidation sites excluding steroid dienone is 2. The van der Waals surface area contributed by atoms with Crippen LogP contribution in [0.3, 0.4) is 0 Å². The molecule has 0 aromatic rings. The molecule has 0 aromatic heterocycles. The van der Waals surface area contributed by atoms with E-state index in [0.29, 0.717) is 5.88 Å². The van der Waals surface area contributed by atoms with Gasteiger partial charge in [-0.2, -0.15) is 0 Å². The summed E-state index contributed by atoms with van der Waals surface area (Å²) in [5, 5.41) is 0.708. The fraction of sp³-hybridized carbons (Fsp3) is 0.667. The van der Waals surface area contributed by atoms with Gasteiger partial charge in [0, 0.05) is 10.9 Å². The predicted octanol–water partition coefficient (Wildman–Crippen LogP) is 3.37. The van der Waals surface area contributed by atoms with E-state index in [-0.39, 0.29) is 5.38 Å². The molecule has 0 aliphatic heterocycles. The van der Waals surface area contributed by atoms with Crippen LogP contribution < -0.4 is 0 Å². The lowest BCUT2D eigenvalue weighted by molar-refractivity contribution is 0.971. The van der Waals surface area contributed by atoms with Crippen molar-refractivity contribution in [2.45, 2.75) is 18.7 Å². The second kappa shape index (κ2) is 5.40. The Morgan fingerprint density at radius 2 is 2.22 bits per heavy atom. The van der Waals surface area contributed by atoms with Crippen molar-refractivity contribution < 1.29 is 0 Å². The van der Waals surface area contributed by atoms with Crippen molar-refractivity contribution in [1.82, 2.24) is 0 Å². The summed E-state index contributed by atoms with van der Waals surface area (Å²) in [7, 11) is 0. The van der Waals surface area contributed by atoms with Crippen LogP contribution in [-0.4, -0.2) is 11.3 Å². The SMILES string of the molecule is CC(Cl)=CC(Cl)CCCl. The molecule has 0 aliphatic rings. The molecular formula is C6H9Cl3. The summed E-state index contributed by atoms with van der Waals surface area (Å²) in [5.74, 6) is 0.578. The van der Waals surface area contributed by atoms with Gasteiger partial charge in [0.15, 0.2) is 0 Å². The molecule has 0 aliphatic carbocycles. The van der Waals surface area contributed by atoms with Gasteiger partial charge in [-0.1, -0.05) is 17.7 Å². The average molecular weight is 187 g/mol. The van der Waals surface area contributed by atoms with Gasteiger partial charge >= 0.3 is 0 Å². The van der Waals surface area contributed by atoms with Gasteiger partial charge < -0.3 is 0 Å². The van der Waals surface area contributed by atoms with Crippen molar-refractivity contribution in [1.29, 1.82) is 0 Å². The maximum atomic E-state index is 5.73. The second-order valence-electron chi connectivity index (χ2n) is 1.75. The molecule has 0 N–H and O–H groups in total. The Morgan fingerprint density at radius 3 is 2.56 bits per heavy atom. The van der Waals surface area contributed by atoms with E-state index in [1.54, 1.807) is 13.0 Å². The van der Waals surface area contributed by atoms with Crippen LogP contribution in [-0.2, 0) is 0 Å². The van der Waals surface area contributed by atoms with E-state index in [1.807, 2.05) is 0 Å². The zero-order valence-electron chi connectivity index (χ0n) is 5.20. The summed E-state index contributed by atoms with van der Waals surface area (Å²) in [4.78, 5) is 0. The topological polar surface area (TPSA) is 0 Å². The molecule has 0 saturated carbocycles. The zero-order chi connectivity index (χ0) is 7.28. The molecule has 0 spiro atoms. The third kappa shape index (κ3) is 6.50. The van der Waals surface area contributed by atoms with Crippen LogP contribution >= 0.6 is 34.8 Å². The van der Waals surface area contributed by atoms with Crippen molar-refractivity contribution >= 4 is 34.8 Å². The highest BCUT2D eigenvalue weighted by Crippen LogP contribution is 2.09. The smallest absolute Gasteiger partial charge is 0.0541 e. The minimum absolute atomic E-state index is 0.0139. The lowest BCUT2D eigenvalue weighted by atomic mass is 10.3. The molecule has 9 heavy (non-hydrogen) atoms. The molecule has 0 rings (SSSR count). The van der Waals surface area contributed by atoms with Gasteiger partial charge in [-0.05, 0) is 13.3 Å². The quantitative estimate of drug-likeness (QED) is 0.595. The lowest BCUT2D eigenvalue weighted by Gasteiger charge is -1.98. The van der Waals surface area contributed by atoms with Crippen LogP contribution in [0.2, 0.25) is 0 Å². The Morgan fingerprint density at radius 1 is 1.67 bits per heavy atom. The van der Waals surface area contributed by atoms with Crippen LogP contribution in [0.15, 0.2) is 11.1 Å². The fourth-order valence-electron chi connectivity index (χ4n) is 0.437. The van der Waals surface area contributed by atoms with Gasteiger partial charge in [0.2, 0.25) is 0 Å². The van der Waals surface area contributed by atoms with E-state index in [1.165, 1.54) is 0 Å². The third-order valence-electron chi connectivity index (χ3n) is 0.795. The molecular weight excluding hydrogens is 178 g/mol. The summed E-state index contributed by atoms with van der Waals surface area (Å²) in [6.07, 6.45) is 2.55. The second-order valence-corrected chi connectivity index (χ2v) is 3.28. The van der Waals surface area contributed by atoms with Crippen LogP contribution in [0.1, 0.15) is 13.3 Å². The maximum Gasteiger partial charge on any atom is 0.0541 e. The monoisotopic (exact) mass is 186 g/mol. The average Bonchev–Trinajstić information content (AvgIpc) is 1.63. The van der Waals surface area contributed by atoms with Crippen molar-refractivity contribution in [3.63, 3.8) is 0 Å². The largest absolute Gasteiger partial charge is 0.127 e. The normalized spacial score (nSPS) is 15.8. The van der Waals surface area contributed by atoms with Gasteiger partial charge in [-0.3, -0.25) is 0 Å². The minimum Gasteiger partial charge on any atom is -0.127 e. The first-order valence-corrected chi connectivity index (χ1v) is 4.05. The van der Waals surface area contributed by atoms with E-state index in [9.17, 15) is 0 Å². The molecule has 1 atom stereocenters. The molecule has 0 nitrogen and oxygen atoms in total. The Hall–Kier alpha value is 0.610.